The Hall–Kier alpha value is -7.42. The van der Waals surface area contributed by atoms with Gasteiger partial charge in [0.05, 0.1) is 11.4 Å². The standard InChI is InChI=1S/C57H40N2/c1-57(2)54-45(26-15-27-50(54)51-33-32-38-18-9-10-22-44(38)55(51)57)40-30-28-39(29-31-40)43-34-35-49(47-24-13-12-23-46(43)47)53-36-52(58-56(59-53)41-19-7-4-8-20-41)48-25-14-11-21-42(48)37-16-5-3-6-17-37/h3-36H,1-2H3. The van der Waals surface area contributed by atoms with Crippen LogP contribution in [0, 0.1) is 0 Å². The van der Waals surface area contributed by atoms with E-state index >= 15 is 0 Å². The van der Waals surface area contributed by atoms with Crippen LogP contribution in [-0.2, 0) is 5.41 Å². The summed E-state index contributed by atoms with van der Waals surface area (Å²) in [6.07, 6.45) is 0. The van der Waals surface area contributed by atoms with E-state index in [1.54, 1.807) is 0 Å². The van der Waals surface area contributed by atoms with Crippen molar-refractivity contribution in [3.05, 3.63) is 217 Å². The highest BCUT2D eigenvalue weighted by atomic mass is 14.9. The Morgan fingerprint density at radius 3 is 1.51 bits per heavy atom. The van der Waals surface area contributed by atoms with Crippen molar-refractivity contribution in [3.8, 4) is 78.4 Å². The van der Waals surface area contributed by atoms with Crippen molar-refractivity contribution in [3.63, 3.8) is 0 Å². The smallest absolute Gasteiger partial charge is 0.160 e. The van der Waals surface area contributed by atoms with Gasteiger partial charge in [0, 0.05) is 22.1 Å². The van der Waals surface area contributed by atoms with Crippen LogP contribution in [0.2, 0.25) is 0 Å². The monoisotopic (exact) mass is 752 g/mol. The molecule has 0 unspecified atom stereocenters. The quantitative estimate of drug-likeness (QED) is 0.169. The Bertz CT molecular complexity index is 3220. The molecule has 0 saturated carbocycles. The molecule has 1 heterocycles. The second kappa shape index (κ2) is 13.9. The summed E-state index contributed by atoms with van der Waals surface area (Å²) in [6.45, 7) is 4.78. The number of hydrogen-bond donors (Lipinski definition) is 0. The second-order valence-corrected chi connectivity index (χ2v) is 16.1. The lowest BCUT2D eigenvalue weighted by Crippen LogP contribution is -2.16. The fourth-order valence-corrected chi connectivity index (χ4v) is 9.60. The van der Waals surface area contributed by atoms with Crippen LogP contribution in [0.4, 0.5) is 0 Å². The molecule has 0 saturated heterocycles. The van der Waals surface area contributed by atoms with Gasteiger partial charge in [0.15, 0.2) is 5.82 Å². The van der Waals surface area contributed by atoms with Crippen molar-refractivity contribution in [2.75, 3.05) is 0 Å². The zero-order valence-corrected chi connectivity index (χ0v) is 33.0. The van der Waals surface area contributed by atoms with E-state index in [9.17, 15) is 0 Å². The van der Waals surface area contributed by atoms with Gasteiger partial charge in [-0.15, -0.1) is 0 Å². The summed E-state index contributed by atoms with van der Waals surface area (Å²) in [7, 11) is 0. The predicted molar refractivity (Wildman–Crippen MR) is 247 cm³/mol. The summed E-state index contributed by atoms with van der Waals surface area (Å²) in [6, 6.07) is 74.2. The van der Waals surface area contributed by atoms with Crippen LogP contribution in [0.3, 0.4) is 0 Å². The minimum atomic E-state index is -0.141. The predicted octanol–water partition coefficient (Wildman–Crippen LogP) is 15.1. The molecule has 0 aliphatic heterocycles. The van der Waals surface area contributed by atoms with E-state index in [1.165, 1.54) is 60.7 Å². The van der Waals surface area contributed by atoms with Gasteiger partial charge >= 0.3 is 0 Å². The van der Waals surface area contributed by atoms with Gasteiger partial charge in [-0.25, -0.2) is 9.97 Å². The fourth-order valence-electron chi connectivity index (χ4n) is 9.60. The van der Waals surface area contributed by atoms with E-state index in [0.29, 0.717) is 5.82 Å². The van der Waals surface area contributed by atoms with Gasteiger partial charge in [0.2, 0.25) is 0 Å². The van der Waals surface area contributed by atoms with Crippen molar-refractivity contribution >= 4 is 21.5 Å². The number of benzene rings is 9. The van der Waals surface area contributed by atoms with Crippen LogP contribution < -0.4 is 0 Å². The molecule has 0 amide bonds. The molecule has 0 fully saturated rings. The number of hydrogen-bond acceptors (Lipinski definition) is 2. The average molecular weight is 753 g/mol. The lowest BCUT2D eigenvalue weighted by Gasteiger charge is -2.26. The van der Waals surface area contributed by atoms with Gasteiger partial charge in [0.25, 0.3) is 0 Å². The molecule has 10 aromatic rings. The maximum absolute atomic E-state index is 5.26. The largest absolute Gasteiger partial charge is 0.228 e. The maximum Gasteiger partial charge on any atom is 0.160 e. The molecule has 1 aliphatic carbocycles. The number of fused-ring (bicyclic) bond motifs is 6. The molecule has 1 aliphatic rings. The highest BCUT2D eigenvalue weighted by Crippen LogP contribution is 2.54. The van der Waals surface area contributed by atoms with Crippen LogP contribution >= 0.6 is 0 Å². The normalized spacial score (nSPS) is 12.7. The first-order chi connectivity index (χ1) is 29.0. The summed E-state index contributed by atoms with van der Waals surface area (Å²) in [5.74, 6) is 0.705. The van der Waals surface area contributed by atoms with Crippen LogP contribution in [0.5, 0.6) is 0 Å². The zero-order valence-electron chi connectivity index (χ0n) is 33.0. The molecule has 0 bridgehead atoms. The minimum absolute atomic E-state index is 0.141. The number of aromatic nitrogens is 2. The number of rotatable bonds is 6. The summed E-state index contributed by atoms with van der Waals surface area (Å²) in [5.41, 5.74) is 17.5. The van der Waals surface area contributed by atoms with E-state index in [2.05, 4.69) is 202 Å². The Morgan fingerprint density at radius 2 is 0.780 bits per heavy atom. The van der Waals surface area contributed by atoms with E-state index in [1.807, 2.05) is 18.2 Å². The fraction of sp³-hybridized carbons (Fsp3) is 0.0526. The van der Waals surface area contributed by atoms with E-state index in [-0.39, 0.29) is 5.41 Å². The molecule has 11 rings (SSSR count). The molecule has 2 heteroatoms. The molecular formula is C57H40N2. The zero-order chi connectivity index (χ0) is 39.5. The second-order valence-electron chi connectivity index (χ2n) is 16.1. The first kappa shape index (κ1) is 34.8. The van der Waals surface area contributed by atoms with Gasteiger partial charge in [-0.1, -0.05) is 214 Å². The van der Waals surface area contributed by atoms with Crippen LogP contribution in [0.15, 0.2) is 206 Å². The molecular weight excluding hydrogens is 713 g/mol. The molecule has 1 aromatic heterocycles. The first-order valence-electron chi connectivity index (χ1n) is 20.4. The molecule has 0 spiro atoms. The lowest BCUT2D eigenvalue weighted by molar-refractivity contribution is 0.668. The molecule has 2 nitrogen and oxygen atoms in total. The molecule has 278 valence electrons. The van der Waals surface area contributed by atoms with Crippen LogP contribution in [0.25, 0.3) is 100.0 Å². The Labute approximate surface area is 345 Å². The third kappa shape index (κ3) is 5.79. The Balaban J connectivity index is 1.01. The molecule has 0 N–H and O–H groups in total. The van der Waals surface area contributed by atoms with Gasteiger partial charge in [0.1, 0.15) is 0 Å². The summed E-state index contributed by atoms with van der Waals surface area (Å²) >= 11 is 0. The van der Waals surface area contributed by atoms with Crippen molar-refractivity contribution in [2.45, 2.75) is 19.3 Å². The molecule has 0 atom stereocenters. The Kier molecular flexibility index (Phi) is 8.20. The van der Waals surface area contributed by atoms with Crippen molar-refractivity contribution in [2.24, 2.45) is 0 Å². The van der Waals surface area contributed by atoms with Crippen molar-refractivity contribution in [1.29, 1.82) is 0 Å². The van der Waals surface area contributed by atoms with Gasteiger partial charge in [-0.3, -0.25) is 0 Å². The van der Waals surface area contributed by atoms with Gasteiger partial charge in [-0.05, 0) is 83.2 Å². The van der Waals surface area contributed by atoms with Crippen LogP contribution in [-0.4, -0.2) is 9.97 Å². The lowest BCUT2D eigenvalue weighted by atomic mass is 9.77. The average Bonchev–Trinajstić information content (AvgIpc) is 3.55. The highest BCUT2D eigenvalue weighted by molar-refractivity contribution is 6.05. The molecule has 59 heavy (non-hydrogen) atoms. The van der Waals surface area contributed by atoms with E-state index in [4.69, 9.17) is 9.97 Å². The van der Waals surface area contributed by atoms with Gasteiger partial charge < -0.3 is 0 Å². The third-order valence-corrected chi connectivity index (χ3v) is 12.3. The topological polar surface area (TPSA) is 25.8 Å². The summed E-state index contributed by atoms with van der Waals surface area (Å²) in [4.78, 5) is 10.5. The molecule has 9 aromatic carbocycles. The summed E-state index contributed by atoms with van der Waals surface area (Å²) in [5, 5.41) is 4.98. The van der Waals surface area contributed by atoms with E-state index < -0.39 is 0 Å². The number of nitrogens with zero attached hydrogens (tertiary/aromatic N) is 2. The highest BCUT2D eigenvalue weighted by Gasteiger charge is 2.38. The Morgan fingerprint density at radius 1 is 0.305 bits per heavy atom. The first-order valence-corrected chi connectivity index (χ1v) is 20.4. The minimum Gasteiger partial charge on any atom is -0.228 e. The maximum atomic E-state index is 5.26. The van der Waals surface area contributed by atoms with Crippen molar-refractivity contribution in [1.82, 2.24) is 9.97 Å². The van der Waals surface area contributed by atoms with Gasteiger partial charge in [-0.2, -0.15) is 0 Å². The SMILES string of the molecule is CC1(C)c2c(-c3ccc(-c4ccc(-c5cc(-c6ccccc6-c6ccccc6)nc(-c6ccccc6)n5)c5ccccc45)cc3)cccc2-c2ccc3ccccc3c21. The van der Waals surface area contributed by atoms with Crippen molar-refractivity contribution < 1.29 is 0 Å². The third-order valence-electron chi connectivity index (χ3n) is 12.3. The summed E-state index contributed by atoms with van der Waals surface area (Å²) < 4.78 is 0. The van der Waals surface area contributed by atoms with E-state index in [0.717, 1.165) is 44.6 Å². The molecule has 0 radical (unpaired) electrons. The van der Waals surface area contributed by atoms with Crippen LogP contribution in [0.1, 0.15) is 25.0 Å².